The summed E-state index contributed by atoms with van der Waals surface area (Å²) in [5, 5.41) is 3.41. The molecule has 0 amide bonds. The van der Waals surface area contributed by atoms with Crippen molar-refractivity contribution in [3.8, 4) is 0 Å². The standard InChI is InChI=1S/C15H20N2S/c1-11-7-5-6-8-12(11)10-17-14(18)9-13(16-17)15(2,3)4/h5-9,16H,10H2,1-4H3. The van der Waals surface area contributed by atoms with Crippen molar-refractivity contribution >= 4 is 12.2 Å². The Morgan fingerprint density at radius 2 is 1.89 bits per heavy atom. The van der Waals surface area contributed by atoms with Crippen molar-refractivity contribution in [3.63, 3.8) is 0 Å². The molecule has 2 aromatic rings. The van der Waals surface area contributed by atoms with Crippen LogP contribution in [-0.2, 0) is 12.0 Å². The van der Waals surface area contributed by atoms with Gasteiger partial charge in [0, 0.05) is 11.1 Å². The van der Waals surface area contributed by atoms with E-state index in [1.54, 1.807) is 0 Å². The molecule has 1 aromatic carbocycles. The van der Waals surface area contributed by atoms with Crippen molar-refractivity contribution < 1.29 is 0 Å². The lowest BCUT2D eigenvalue weighted by Crippen LogP contribution is -2.13. The maximum Gasteiger partial charge on any atom is 0.122 e. The monoisotopic (exact) mass is 260 g/mol. The van der Waals surface area contributed by atoms with Crippen LogP contribution in [0.3, 0.4) is 0 Å². The van der Waals surface area contributed by atoms with Gasteiger partial charge in [-0.3, -0.25) is 4.68 Å². The third kappa shape index (κ3) is 2.72. The van der Waals surface area contributed by atoms with E-state index < -0.39 is 0 Å². The van der Waals surface area contributed by atoms with Crippen molar-refractivity contribution in [2.45, 2.75) is 39.7 Å². The molecule has 0 saturated carbocycles. The number of nitrogens with one attached hydrogen (secondary N) is 1. The van der Waals surface area contributed by atoms with E-state index >= 15 is 0 Å². The van der Waals surface area contributed by atoms with Gasteiger partial charge in [0.25, 0.3) is 0 Å². The lowest BCUT2D eigenvalue weighted by Gasteiger charge is -2.16. The molecule has 1 N–H and O–H groups in total. The maximum absolute atomic E-state index is 5.42. The summed E-state index contributed by atoms with van der Waals surface area (Å²) >= 11 is 5.42. The molecular weight excluding hydrogens is 240 g/mol. The molecule has 0 unspecified atom stereocenters. The molecule has 0 aliphatic heterocycles. The Balaban J connectivity index is 2.34. The highest BCUT2D eigenvalue weighted by Crippen LogP contribution is 2.21. The third-order valence-corrected chi connectivity index (χ3v) is 3.53. The number of nitrogens with zero attached hydrogens (tertiary/aromatic N) is 1. The van der Waals surface area contributed by atoms with E-state index in [1.807, 2.05) is 4.68 Å². The molecule has 0 aliphatic carbocycles. The molecular formula is C15H20N2S. The second kappa shape index (κ2) is 4.73. The maximum atomic E-state index is 5.42. The van der Waals surface area contributed by atoms with Crippen LogP contribution >= 0.6 is 12.2 Å². The minimum absolute atomic E-state index is 0.102. The van der Waals surface area contributed by atoms with E-state index in [-0.39, 0.29) is 5.41 Å². The van der Waals surface area contributed by atoms with Gasteiger partial charge in [-0.1, -0.05) is 57.3 Å². The van der Waals surface area contributed by atoms with E-state index in [4.69, 9.17) is 12.2 Å². The fourth-order valence-electron chi connectivity index (χ4n) is 1.89. The normalized spacial score (nSPS) is 11.8. The van der Waals surface area contributed by atoms with Gasteiger partial charge in [-0.25, -0.2) is 0 Å². The first kappa shape index (κ1) is 13.1. The first-order valence-corrected chi connectivity index (χ1v) is 6.63. The van der Waals surface area contributed by atoms with E-state index in [9.17, 15) is 0 Å². The van der Waals surface area contributed by atoms with Crippen LogP contribution in [0.2, 0.25) is 0 Å². The number of aryl methyl sites for hydroxylation is 1. The molecule has 96 valence electrons. The van der Waals surface area contributed by atoms with Gasteiger partial charge in [-0.15, -0.1) is 0 Å². The van der Waals surface area contributed by atoms with Gasteiger partial charge in [0.1, 0.15) is 4.64 Å². The van der Waals surface area contributed by atoms with Crippen molar-refractivity contribution in [1.82, 2.24) is 9.78 Å². The largest absolute Gasteiger partial charge is 0.301 e. The van der Waals surface area contributed by atoms with Crippen molar-refractivity contribution in [3.05, 3.63) is 51.8 Å². The summed E-state index contributed by atoms with van der Waals surface area (Å²) in [6.07, 6.45) is 0. The molecule has 0 radical (unpaired) electrons. The first-order chi connectivity index (χ1) is 8.38. The van der Waals surface area contributed by atoms with Gasteiger partial charge in [0.05, 0.1) is 6.54 Å². The van der Waals surface area contributed by atoms with Gasteiger partial charge >= 0.3 is 0 Å². The molecule has 2 rings (SSSR count). The van der Waals surface area contributed by atoms with Crippen LogP contribution in [0.4, 0.5) is 0 Å². The molecule has 0 spiro atoms. The van der Waals surface area contributed by atoms with Crippen LogP contribution in [0.15, 0.2) is 30.3 Å². The molecule has 0 saturated heterocycles. The van der Waals surface area contributed by atoms with Gasteiger partial charge < -0.3 is 5.10 Å². The predicted octanol–water partition coefficient (Wildman–Crippen LogP) is 4.20. The summed E-state index contributed by atoms with van der Waals surface area (Å²) in [6, 6.07) is 10.5. The van der Waals surface area contributed by atoms with E-state index in [0.717, 1.165) is 11.2 Å². The SMILES string of the molecule is Cc1ccccc1Cn1[nH]c(C(C)(C)C)cc1=S. The Kier molecular flexibility index (Phi) is 3.44. The van der Waals surface area contributed by atoms with Crippen LogP contribution in [0.1, 0.15) is 37.6 Å². The molecule has 3 heteroatoms. The Morgan fingerprint density at radius 1 is 1.22 bits per heavy atom. The number of benzene rings is 1. The van der Waals surface area contributed by atoms with Crippen LogP contribution in [0.5, 0.6) is 0 Å². The second-order valence-corrected chi connectivity index (χ2v) is 6.19. The third-order valence-electron chi connectivity index (χ3n) is 3.19. The van der Waals surface area contributed by atoms with Gasteiger partial charge in [0.15, 0.2) is 0 Å². The number of aromatic nitrogens is 2. The van der Waals surface area contributed by atoms with Crippen molar-refractivity contribution in [2.75, 3.05) is 0 Å². The number of H-pyrrole nitrogens is 1. The fourth-order valence-corrected chi connectivity index (χ4v) is 2.12. The minimum atomic E-state index is 0.102. The number of hydrogen-bond acceptors (Lipinski definition) is 1. The Hall–Kier alpha value is -1.35. The topological polar surface area (TPSA) is 20.7 Å². The summed E-state index contributed by atoms with van der Waals surface area (Å²) in [4.78, 5) is 0. The second-order valence-electron chi connectivity index (χ2n) is 5.77. The van der Waals surface area contributed by atoms with Gasteiger partial charge in [0.2, 0.25) is 0 Å². The van der Waals surface area contributed by atoms with E-state index in [2.05, 4.69) is 63.1 Å². The van der Waals surface area contributed by atoms with Gasteiger partial charge in [-0.2, -0.15) is 0 Å². The van der Waals surface area contributed by atoms with Crippen molar-refractivity contribution in [2.24, 2.45) is 0 Å². The minimum Gasteiger partial charge on any atom is -0.301 e. The zero-order valence-electron chi connectivity index (χ0n) is 11.4. The highest BCUT2D eigenvalue weighted by molar-refractivity contribution is 7.71. The smallest absolute Gasteiger partial charge is 0.122 e. The lowest BCUT2D eigenvalue weighted by atomic mass is 9.93. The first-order valence-electron chi connectivity index (χ1n) is 6.23. The summed E-state index contributed by atoms with van der Waals surface area (Å²) < 4.78 is 2.90. The molecule has 1 heterocycles. The average molecular weight is 260 g/mol. The Morgan fingerprint density at radius 3 is 2.44 bits per heavy atom. The summed E-state index contributed by atoms with van der Waals surface area (Å²) in [5.74, 6) is 0. The van der Waals surface area contributed by atoms with Crippen LogP contribution in [0, 0.1) is 11.6 Å². The molecule has 0 atom stereocenters. The fraction of sp³-hybridized carbons (Fsp3) is 0.400. The Bertz CT molecular complexity index is 599. The highest BCUT2D eigenvalue weighted by Gasteiger charge is 2.16. The van der Waals surface area contributed by atoms with E-state index in [0.29, 0.717) is 0 Å². The molecule has 18 heavy (non-hydrogen) atoms. The van der Waals surface area contributed by atoms with Crippen LogP contribution < -0.4 is 0 Å². The summed E-state index contributed by atoms with van der Waals surface area (Å²) in [7, 11) is 0. The van der Waals surface area contributed by atoms with Gasteiger partial charge in [-0.05, 0) is 24.1 Å². The summed E-state index contributed by atoms with van der Waals surface area (Å²) in [5.41, 5.74) is 3.88. The lowest BCUT2D eigenvalue weighted by molar-refractivity contribution is 0.544. The molecule has 2 nitrogen and oxygen atoms in total. The molecule has 0 fully saturated rings. The van der Waals surface area contributed by atoms with E-state index in [1.165, 1.54) is 16.8 Å². The summed E-state index contributed by atoms with van der Waals surface area (Å²) in [6.45, 7) is 9.50. The predicted molar refractivity (Wildman–Crippen MR) is 78.6 cm³/mol. The Labute approximate surface area is 114 Å². The number of aromatic amines is 1. The number of hydrogen-bond donors (Lipinski definition) is 1. The molecule has 1 aromatic heterocycles. The molecule has 0 aliphatic rings. The van der Waals surface area contributed by atoms with Crippen LogP contribution in [-0.4, -0.2) is 9.78 Å². The zero-order chi connectivity index (χ0) is 13.3. The van der Waals surface area contributed by atoms with Crippen molar-refractivity contribution in [1.29, 1.82) is 0 Å². The number of rotatable bonds is 2. The van der Waals surface area contributed by atoms with Crippen LogP contribution in [0.25, 0.3) is 0 Å². The molecule has 0 bridgehead atoms. The average Bonchev–Trinajstić information content (AvgIpc) is 2.63. The zero-order valence-corrected chi connectivity index (χ0v) is 12.3. The highest BCUT2D eigenvalue weighted by atomic mass is 32.1. The quantitative estimate of drug-likeness (QED) is 0.803.